The van der Waals surface area contributed by atoms with Crippen LogP contribution in [0.3, 0.4) is 0 Å². The van der Waals surface area contributed by atoms with Crippen LogP contribution in [0.2, 0.25) is 0 Å². The smallest absolute Gasteiger partial charge is 0.258 e. The van der Waals surface area contributed by atoms with Crippen LogP contribution in [-0.4, -0.2) is 89.1 Å². The molecule has 0 unspecified atom stereocenters. The van der Waals surface area contributed by atoms with Gasteiger partial charge in [-0.15, -0.1) is 0 Å². The van der Waals surface area contributed by atoms with E-state index in [9.17, 15) is 29.4 Å². The lowest BCUT2D eigenvalue weighted by Gasteiger charge is -2.39. The van der Waals surface area contributed by atoms with Crippen molar-refractivity contribution >= 4 is 24.0 Å². The highest BCUT2D eigenvalue weighted by atomic mass is 16.3. The molecule has 8 heterocycles. The summed E-state index contributed by atoms with van der Waals surface area (Å²) in [5.74, 6) is -1.16. The summed E-state index contributed by atoms with van der Waals surface area (Å²) in [5, 5.41) is 21.3. The summed E-state index contributed by atoms with van der Waals surface area (Å²) in [6, 6.07) is 44.2. The van der Waals surface area contributed by atoms with Gasteiger partial charge >= 0.3 is 0 Å². The molecular weight excluding hydrogens is 925 g/mol. The summed E-state index contributed by atoms with van der Waals surface area (Å²) >= 11 is 0. The normalized spacial score (nSPS) is 24.8. The van der Waals surface area contributed by atoms with Gasteiger partial charge in [-0.1, -0.05) is 133 Å². The molecule has 2 aromatic heterocycles. The Labute approximate surface area is 433 Å². The van der Waals surface area contributed by atoms with E-state index in [2.05, 4.69) is 70.5 Å². The van der Waals surface area contributed by atoms with Crippen LogP contribution in [0, 0.1) is 23.7 Å². The number of rotatable bonds is 10. The van der Waals surface area contributed by atoms with Crippen molar-refractivity contribution in [3.63, 3.8) is 0 Å². The number of nitrogens with zero attached hydrogens (tertiary/aromatic N) is 6. The monoisotopic (exact) mass is 991 g/mol. The summed E-state index contributed by atoms with van der Waals surface area (Å²) in [7, 11) is 0. The van der Waals surface area contributed by atoms with E-state index in [0.717, 1.165) is 35.4 Å². The van der Waals surface area contributed by atoms with E-state index >= 15 is 0 Å². The average molecular weight is 991 g/mol. The molecule has 2 amide bonds. The fourth-order valence-corrected chi connectivity index (χ4v) is 13.5. The largest absolute Gasteiger partial charge is 0.396 e. The number of aliphatic hydroxyl groups is 2. The molecule has 0 radical (unpaired) electrons. The van der Waals surface area contributed by atoms with E-state index < -0.39 is 11.8 Å². The number of fused-ring (bicyclic) bond motifs is 10. The molecule has 12 nitrogen and oxygen atoms in total. The minimum Gasteiger partial charge on any atom is -0.396 e. The molecule has 0 spiro atoms. The molecule has 0 saturated carbocycles. The summed E-state index contributed by atoms with van der Waals surface area (Å²) in [6.45, 7) is 8.45. The molecule has 2 fully saturated rings. The zero-order valence-corrected chi connectivity index (χ0v) is 42.3. The Hall–Kier alpha value is -6.96. The number of carbonyl (C=O) groups excluding carboxylic acids is 2. The predicted molar refractivity (Wildman–Crippen MR) is 287 cm³/mol. The third-order valence-corrected chi connectivity index (χ3v) is 17.0. The lowest BCUT2D eigenvalue weighted by Crippen LogP contribution is -2.46. The molecule has 8 atom stereocenters. The molecule has 0 aliphatic carbocycles. The zero-order chi connectivity index (χ0) is 51.0. The summed E-state index contributed by atoms with van der Waals surface area (Å²) < 4.78 is 3.71. The molecule has 6 aromatic rings. The average Bonchev–Trinajstić information content (AvgIpc) is 3.77. The Morgan fingerprint density at radius 3 is 1.27 bits per heavy atom. The Kier molecular flexibility index (Phi) is 14.1. The molecule has 6 aliphatic rings. The van der Waals surface area contributed by atoms with Gasteiger partial charge in [0.05, 0.1) is 23.9 Å². The third-order valence-electron chi connectivity index (χ3n) is 17.0. The van der Waals surface area contributed by atoms with E-state index in [1.807, 2.05) is 130 Å². The van der Waals surface area contributed by atoms with Gasteiger partial charge in [-0.25, -0.2) is 0 Å². The Morgan fingerprint density at radius 2 is 0.892 bits per heavy atom. The zero-order valence-electron chi connectivity index (χ0n) is 42.3. The van der Waals surface area contributed by atoms with Crippen LogP contribution in [-0.2, 0) is 61.7 Å². The number of aliphatic hydroxyl groups excluding tert-OH is 2. The van der Waals surface area contributed by atoms with Crippen molar-refractivity contribution < 1.29 is 19.8 Å². The van der Waals surface area contributed by atoms with Crippen molar-refractivity contribution in [1.29, 1.82) is 0 Å². The fourth-order valence-electron chi connectivity index (χ4n) is 13.5. The van der Waals surface area contributed by atoms with Gasteiger partial charge in [-0.05, 0) is 84.3 Å². The lowest BCUT2D eigenvalue weighted by molar-refractivity contribution is -0.140. The fraction of sp³-hybridized carbons (Fsp3) is 0.355. The maximum absolute atomic E-state index is 14.3. The first-order valence-electron chi connectivity index (χ1n) is 26.5. The molecule has 2 saturated heterocycles. The van der Waals surface area contributed by atoms with E-state index in [1.54, 1.807) is 0 Å². The van der Waals surface area contributed by atoms with Crippen LogP contribution >= 0.6 is 0 Å². The van der Waals surface area contributed by atoms with Crippen LogP contribution in [0.25, 0.3) is 12.2 Å². The number of carbonyl (C=O) groups is 2. The quantitative estimate of drug-likeness (QED) is 0.147. The molecular formula is C62H66N6O6. The van der Waals surface area contributed by atoms with Gasteiger partial charge in [0.15, 0.2) is 0 Å². The molecule has 380 valence electrons. The third kappa shape index (κ3) is 8.91. The van der Waals surface area contributed by atoms with E-state index in [1.165, 1.54) is 22.3 Å². The van der Waals surface area contributed by atoms with Crippen LogP contribution in [0.1, 0.15) is 81.8 Å². The first-order chi connectivity index (χ1) is 36.2. The number of benzene rings is 4. The van der Waals surface area contributed by atoms with Crippen molar-refractivity contribution in [2.24, 2.45) is 23.7 Å². The molecule has 6 aliphatic heterocycles. The first kappa shape index (κ1) is 49.3. The minimum atomic E-state index is -0.412. The molecule has 12 heteroatoms. The Bertz CT molecular complexity index is 3010. The number of amides is 2. The standard InChI is InChI=1S/2C31H33N3O3/c2*1-2-8-23-13-14-26-29-28(31(37)32-16-15-22-11-6-7-12-24(22)18-32)25(20-35)27(19-34(26)30(23)36)33(29)17-21-9-4-3-5-10-21/h2*2-14,25,27-29,35H,15-20H2,1H3/b8-2+;8-2-/t2*25-,27-,28+,29+/m00/s1. The van der Waals surface area contributed by atoms with Gasteiger partial charge in [0, 0.05) is 112 Å². The van der Waals surface area contributed by atoms with Crippen LogP contribution < -0.4 is 11.1 Å². The van der Waals surface area contributed by atoms with Gasteiger partial charge in [-0.3, -0.25) is 29.0 Å². The Balaban J connectivity index is 0.000000159. The van der Waals surface area contributed by atoms with Gasteiger partial charge in [-0.2, -0.15) is 0 Å². The van der Waals surface area contributed by atoms with Gasteiger partial charge in [0.25, 0.3) is 11.1 Å². The van der Waals surface area contributed by atoms with Crippen molar-refractivity contribution in [1.82, 2.24) is 28.7 Å². The van der Waals surface area contributed by atoms with E-state index in [0.29, 0.717) is 63.5 Å². The highest BCUT2D eigenvalue weighted by molar-refractivity contribution is 5.82. The molecule has 2 N–H and O–H groups in total. The second kappa shape index (κ2) is 21.1. The summed E-state index contributed by atoms with van der Waals surface area (Å²) in [5.41, 5.74) is 10.3. The van der Waals surface area contributed by atoms with Crippen molar-refractivity contribution in [3.8, 4) is 0 Å². The topological polar surface area (TPSA) is 132 Å². The first-order valence-corrected chi connectivity index (χ1v) is 26.5. The Morgan fingerprint density at radius 1 is 0.514 bits per heavy atom. The maximum Gasteiger partial charge on any atom is 0.258 e. The van der Waals surface area contributed by atoms with E-state index in [4.69, 9.17) is 0 Å². The van der Waals surface area contributed by atoms with Crippen LogP contribution in [0.4, 0.5) is 0 Å². The summed E-state index contributed by atoms with van der Waals surface area (Å²) in [6.07, 6.45) is 9.10. The number of hydrogen-bond donors (Lipinski definition) is 2. The minimum absolute atomic E-state index is 0.0263. The van der Waals surface area contributed by atoms with E-state index in [-0.39, 0.29) is 72.1 Å². The predicted octanol–water partition coefficient (Wildman–Crippen LogP) is 7.26. The highest BCUT2D eigenvalue weighted by Gasteiger charge is 2.58. The van der Waals surface area contributed by atoms with Gasteiger partial charge < -0.3 is 29.1 Å². The number of aromatic nitrogens is 2. The summed E-state index contributed by atoms with van der Waals surface area (Å²) in [4.78, 5) is 64.1. The van der Waals surface area contributed by atoms with Gasteiger partial charge in [0.2, 0.25) is 11.8 Å². The maximum atomic E-state index is 14.3. The second-order valence-corrected chi connectivity index (χ2v) is 20.9. The number of pyridine rings is 2. The second-order valence-electron chi connectivity index (χ2n) is 20.9. The van der Waals surface area contributed by atoms with Crippen LogP contribution in [0.15, 0.2) is 155 Å². The van der Waals surface area contributed by atoms with Crippen molar-refractivity contribution in [2.75, 3.05) is 26.3 Å². The van der Waals surface area contributed by atoms with Crippen molar-refractivity contribution in [2.45, 2.75) is 90.1 Å². The van der Waals surface area contributed by atoms with Crippen LogP contribution in [0.5, 0.6) is 0 Å². The molecule has 74 heavy (non-hydrogen) atoms. The number of hydrogen-bond acceptors (Lipinski definition) is 8. The SMILES string of the molecule is C/C=C/c1ccc2n(c1=O)C[C@H]1[C@H](CO)[C@@H](C(=O)N3CCc4ccccc4C3)[C@@H]2N1Cc1ccccc1.C/C=C\c1ccc2n(c1=O)C[C@H]1[C@H](CO)[C@@H](C(=O)N3CCc4ccccc4C3)[C@@H]2N1Cc1ccccc1. The highest BCUT2D eigenvalue weighted by Crippen LogP contribution is 2.51. The lowest BCUT2D eigenvalue weighted by atomic mass is 9.85. The molecule has 4 bridgehead atoms. The molecule has 12 rings (SSSR count). The van der Waals surface area contributed by atoms with Crippen molar-refractivity contribution in [3.05, 3.63) is 222 Å². The number of allylic oxidation sites excluding steroid dienone is 2. The van der Waals surface area contributed by atoms with Gasteiger partial charge in [0.1, 0.15) is 0 Å². The molecule has 4 aromatic carbocycles.